The number of Topliss-reactive ketones (excluding diaryl/α,β-unsaturated/α-hetero) is 1. The molecule has 1 aliphatic heterocycles. The molecule has 2 aromatic rings. The van der Waals surface area contributed by atoms with Crippen LogP contribution in [0.5, 0.6) is 5.75 Å². The molecule has 0 aliphatic carbocycles. The van der Waals surface area contributed by atoms with Crippen LogP contribution >= 0.6 is 0 Å². The van der Waals surface area contributed by atoms with Crippen LogP contribution in [0.25, 0.3) is 0 Å². The van der Waals surface area contributed by atoms with Crippen molar-refractivity contribution >= 4 is 30.6 Å². The Hall–Kier alpha value is -2.95. The number of hydrogen-bond donors (Lipinski definition) is 1. The van der Waals surface area contributed by atoms with E-state index in [1.54, 1.807) is 19.2 Å². The van der Waals surface area contributed by atoms with E-state index in [4.69, 9.17) is 10.00 Å². The van der Waals surface area contributed by atoms with Crippen molar-refractivity contribution in [2.75, 3.05) is 32.1 Å². The molecule has 1 amide bonds. The number of ether oxygens (including phenoxy) is 1. The maximum Gasteiger partial charge on any atom is 0.232 e. The first kappa shape index (κ1) is 24.7. The predicted octanol–water partition coefficient (Wildman–Crippen LogP) is 3.77. The van der Waals surface area contributed by atoms with Gasteiger partial charge in [-0.1, -0.05) is 49.1 Å². The average molecular weight is 464 g/mol. The maximum absolute atomic E-state index is 13.3. The number of anilines is 1. The first-order chi connectivity index (χ1) is 15.7. The summed E-state index contributed by atoms with van der Waals surface area (Å²) < 4.78 is 5.24. The van der Waals surface area contributed by atoms with E-state index in [-0.39, 0.29) is 30.6 Å². The highest BCUT2D eigenvalue weighted by molar-refractivity contribution is 6.88. The van der Waals surface area contributed by atoms with Crippen molar-refractivity contribution in [1.82, 2.24) is 4.90 Å². The Bertz CT molecular complexity index is 1010. The molecule has 2 atom stereocenters. The molecule has 1 aliphatic rings. The highest BCUT2D eigenvalue weighted by atomic mass is 28.3. The topological polar surface area (TPSA) is 82.4 Å². The largest absolute Gasteiger partial charge is 0.497 e. The monoisotopic (exact) mass is 463 g/mol. The van der Waals surface area contributed by atoms with Crippen LogP contribution in [0.2, 0.25) is 19.6 Å². The number of amides is 1. The summed E-state index contributed by atoms with van der Waals surface area (Å²) in [6.45, 7) is 8.47. The van der Waals surface area contributed by atoms with Gasteiger partial charge in [0.15, 0.2) is 0 Å². The molecular formula is C26H33N3O3Si. The summed E-state index contributed by atoms with van der Waals surface area (Å²) in [7, 11) is 0.173. The molecule has 7 heteroatoms. The Kier molecular flexibility index (Phi) is 8.06. The second-order valence-corrected chi connectivity index (χ2v) is 14.8. The van der Waals surface area contributed by atoms with Gasteiger partial charge in [0.2, 0.25) is 5.91 Å². The normalized spacial score (nSPS) is 17.2. The summed E-state index contributed by atoms with van der Waals surface area (Å²) in [6.07, 6.45) is 0.901. The summed E-state index contributed by atoms with van der Waals surface area (Å²) >= 11 is 0. The lowest BCUT2D eigenvalue weighted by Crippen LogP contribution is -2.37. The van der Waals surface area contributed by atoms with Gasteiger partial charge in [-0.15, -0.1) is 0 Å². The molecule has 2 aromatic carbocycles. The molecule has 6 nitrogen and oxygen atoms in total. The van der Waals surface area contributed by atoms with Crippen LogP contribution in [0.1, 0.15) is 24.3 Å². The third-order valence-electron chi connectivity index (χ3n) is 6.14. The zero-order valence-corrected chi connectivity index (χ0v) is 20.9. The zero-order chi connectivity index (χ0) is 24.0. The molecule has 0 bridgehead atoms. The van der Waals surface area contributed by atoms with E-state index in [9.17, 15) is 9.59 Å². The van der Waals surface area contributed by atoms with Crippen molar-refractivity contribution in [1.29, 1.82) is 5.26 Å². The van der Waals surface area contributed by atoms with Crippen LogP contribution in [0.3, 0.4) is 0 Å². The Labute approximate surface area is 197 Å². The first-order valence-electron chi connectivity index (χ1n) is 11.4. The molecule has 3 rings (SSSR count). The summed E-state index contributed by atoms with van der Waals surface area (Å²) in [4.78, 5) is 28.2. The van der Waals surface area contributed by atoms with Gasteiger partial charge in [0.25, 0.3) is 0 Å². The van der Waals surface area contributed by atoms with Crippen LogP contribution in [0.15, 0.2) is 48.5 Å². The molecule has 1 saturated heterocycles. The number of rotatable bonds is 9. The Balaban J connectivity index is 1.74. The lowest BCUT2D eigenvalue weighted by atomic mass is 9.92. The van der Waals surface area contributed by atoms with Crippen LogP contribution in [-0.4, -0.2) is 51.4 Å². The van der Waals surface area contributed by atoms with Crippen molar-refractivity contribution < 1.29 is 14.3 Å². The molecule has 0 aromatic heterocycles. The fourth-order valence-electron chi connectivity index (χ4n) is 4.10. The van der Waals surface area contributed by atoms with Gasteiger partial charge >= 0.3 is 0 Å². The minimum Gasteiger partial charge on any atom is -0.497 e. The van der Waals surface area contributed by atoms with Crippen molar-refractivity contribution in [2.45, 2.75) is 38.4 Å². The van der Waals surface area contributed by atoms with E-state index in [2.05, 4.69) is 43.2 Å². The van der Waals surface area contributed by atoms with Gasteiger partial charge in [-0.2, -0.15) is 5.26 Å². The number of hydrogen-bond acceptors (Lipinski definition) is 5. The molecule has 2 unspecified atom stereocenters. The number of likely N-dealkylation sites (tertiary alicyclic amines) is 1. The highest BCUT2D eigenvalue weighted by Crippen LogP contribution is 2.25. The van der Waals surface area contributed by atoms with E-state index in [0.717, 1.165) is 24.2 Å². The van der Waals surface area contributed by atoms with Gasteiger partial charge in [-0.05, 0) is 42.8 Å². The molecule has 0 saturated carbocycles. The van der Waals surface area contributed by atoms with E-state index >= 15 is 0 Å². The third-order valence-corrected chi connectivity index (χ3v) is 8.21. The number of benzene rings is 2. The third kappa shape index (κ3) is 6.76. The maximum atomic E-state index is 13.3. The number of carbonyl (C=O) groups excluding carboxylic acids is 2. The highest BCUT2D eigenvalue weighted by Gasteiger charge is 2.28. The average Bonchev–Trinajstić information content (AvgIpc) is 3.24. The summed E-state index contributed by atoms with van der Waals surface area (Å²) in [6, 6.07) is 17.6. The van der Waals surface area contributed by atoms with Gasteiger partial charge in [0.05, 0.1) is 39.6 Å². The lowest BCUT2D eigenvalue weighted by molar-refractivity contribution is -0.124. The van der Waals surface area contributed by atoms with Gasteiger partial charge in [0.1, 0.15) is 11.5 Å². The second-order valence-electron chi connectivity index (χ2n) is 9.73. The first-order valence-corrected chi connectivity index (χ1v) is 14.9. The second kappa shape index (κ2) is 10.8. The molecule has 1 heterocycles. The molecule has 1 fully saturated rings. The number of ketones is 1. The smallest absolute Gasteiger partial charge is 0.232 e. The molecule has 0 spiro atoms. The Morgan fingerprint density at radius 3 is 2.36 bits per heavy atom. The van der Waals surface area contributed by atoms with Crippen molar-refractivity contribution in [3.05, 3.63) is 54.1 Å². The minimum absolute atomic E-state index is 0.00126. The van der Waals surface area contributed by atoms with Gasteiger partial charge < -0.3 is 10.1 Å². The molecule has 33 heavy (non-hydrogen) atoms. The number of carbonyl (C=O) groups is 2. The fraction of sp³-hybridized carbons (Fsp3) is 0.423. The number of nitrogens with zero attached hydrogens (tertiary/aromatic N) is 2. The van der Waals surface area contributed by atoms with Crippen molar-refractivity contribution in [2.24, 2.45) is 5.92 Å². The SMILES string of the molecule is COc1ccc(C(CC(=O)CN2CCC(C#N)C2)C(=O)Nc2ccc([Si](C)(C)C)cc2)cc1. The molecule has 174 valence electrons. The Morgan fingerprint density at radius 1 is 1.15 bits per heavy atom. The number of methoxy groups -OCH3 is 1. The number of nitrogens with one attached hydrogen (secondary N) is 1. The molecular weight excluding hydrogens is 430 g/mol. The fourth-order valence-corrected chi connectivity index (χ4v) is 5.27. The van der Waals surface area contributed by atoms with Gasteiger partial charge in [-0.25, -0.2) is 0 Å². The molecule has 0 radical (unpaired) electrons. The molecule has 1 N–H and O–H groups in total. The summed E-state index contributed by atoms with van der Waals surface area (Å²) in [5.41, 5.74) is 1.50. The van der Waals surface area contributed by atoms with Crippen molar-refractivity contribution in [3.8, 4) is 11.8 Å². The zero-order valence-electron chi connectivity index (χ0n) is 19.9. The standard InChI is InChI=1S/C26H33N3O3Si/c1-32-23-9-5-20(6-10-23)25(15-22(30)18-29-14-13-19(16-27)17-29)26(31)28-21-7-11-24(12-8-21)33(2,3)4/h5-12,19,25H,13-15,17-18H2,1-4H3,(H,28,31). The van der Waals surface area contributed by atoms with E-state index < -0.39 is 14.0 Å². The Morgan fingerprint density at radius 2 is 1.82 bits per heavy atom. The van der Waals surface area contributed by atoms with E-state index in [1.807, 2.05) is 29.2 Å². The minimum atomic E-state index is -1.42. The van der Waals surface area contributed by atoms with Gasteiger partial charge in [0, 0.05) is 18.7 Å². The van der Waals surface area contributed by atoms with E-state index in [0.29, 0.717) is 12.3 Å². The van der Waals surface area contributed by atoms with Crippen LogP contribution in [0.4, 0.5) is 5.69 Å². The van der Waals surface area contributed by atoms with Crippen LogP contribution in [-0.2, 0) is 9.59 Å². The van der Waals surface area contributed by atoms with E-state index in [1.165, 1.54) is 5.19 Å². The van der Waals surface area contributed by atoms with Crippen LogP contribution < -0.4 is 15.2 Å². The summed E-state index contributed by atoms with van der Waals surface area (Å²) in [5, 5.41) is 13.4. The quantitative estimate of drug-likeness (QED) is 0.573. The van der Waals surface area contributed by atoms with Crippen molar-refractivity contribution in [3.63, 3.8) is 0 Å². The lowest BCUT2D eigenvalue weighted by Gasteiger charge is -2.20. The number of nitriles is 1. The van der Waals surface area contributed by atoms with Gasteiger partial charge in [-0.3, -0.25) is 14.5 Å². The summed E-state index contributed by atoms with van der Waals surface area (Å²) in [5.74, 6) is -0.123. The predicted molar refractivity (Wildman–Crippen MR) is 134 cm³/mol. The van der Waals surface area contributed by atoms with Crippen LogP contribution in [0, 0.1) is 17.2 Å².